The van der Waals surface area contributed by atoms with Gasteiger partial charge in [-0.15, -0.1) is 11.3 Å². The van der Waals surface area contributed by atoms with Gasteiger partial charge in [0, 0.05) is 17.5 Å². The number of amides is 2. The van der Waals surface area contributed by atoms with E-state index in [4.69, 9.17) is 9.15 Å². The molecule has 0 saturated carbocycles. The van der Waals surface area contributed by atoms with E-state index < -0.39 is 0 Å². The highest BCUT2D eigenvalue weighted by molar-refractivity contribution is 7.10. The molecule has 2 amide bonds. The molecule has 3 heterocycles. The number of methoxy groups -OCH3 is 1. The average molecular weight is 453 g/mol. The van der Waals surface area contributed by atoms with Gasteiger partial charge in [-0.1, -0.05) is 19.1 Å². The lowest BCUT2D eigenvalue weighted by Crippen LogP contribution is -2.49. The summed E-state index contributed by atoms with van der Waals surface area (Å²) in [6.07, 6.45) is 3.05. The molecule has 1 aliphatic rings. The van der Waals surface area contributed by atoms with Gasteiger partial charge < -0.3 is 19.0 Å². The number of rotatable bonds is 7. The zero-order valence-electron chi connectivity index (χ0n) is 18.6. The predicted octanol–water partition coefficient (Wildman–Crippen LogP) is 4.76. The zero-order valence-corrected chi connectivity index (χ0v) is 19.4. The van der Waals surface area contributed by atoms with Crippen LogP contribution in [0.4, 0.5) is 0 Å². The Kier molecular flexibility index (Phi) is 6.65. The van der Waals surface area contributed by atoms with E-state index in [1.54, 1.807) is 35.5 Å². The standard InChI is InChI=1S/C25H28N2O4S/c1-4-17(2)27(25(29)21-6-5-14-31-21)16-23(28)26-13-11-22-20(12-15-32-22)24(26)18-7-9-19(30-3)10-8-18/h5-10,12,14-15,17,24H,4,11,13,16H2,1-3H3. The summed E-state index contributed by atoms with van der Waals surface area (Å²) >= 11 is 1.73. The van der Waals surface area contributed by atoms with Crippen molar-refractivity contribution in [3.8, 4) is 5.75 Å². The van der Waals surface area contributed by atoms with Gasteiger partial charge in [-0.3, -0.25) is 9.59 Å². The van der Waals surface area contributed by atoms with Crippen molar-refractivity contribution < 1.29 is 18.7 Å². The molecule has 0 saturated heterocycles. The number of benzene rings is 1. The molecule has 2 aromatic heterocycles. The summed E-state index contributed by atoms with van der Waals surface area (Å²) < 4.78 is 10.6. The van der Waals surface area contributed by atoms with Crippen LogP contribution in [0.25, 0.3) is 0 Å². The zero-order chi connectivity index (χ0) is 22.7. The van der Waals surface area contributed by atoms with E-state index in [0.29, 0.717) is 6.54 Å². The molecular formula is C25H28N2O4S. The summed E-state index contributed by atoms with van der Waals surface area (Å²) in [6.45, 7) is 4.60. The van der Waals surface area contributed by atoms with Crippen LogP contribution in [0, 0.1) is 0 Å². The molecule has 0 N–H and O–H groups in total. The van der Waals surface area contributed by atoms with Gasteiger partial charge in [0.25, 0.3) is 5.91 Å². The Morgan fingerprint density at radius 1 is 1.25 bits per heavy atom. The van der Waals surface area contributed by atoms with E-state index in [1.165, 1.54) is 11.1 Å². The summed E-state index contributed by atoms with van der Waals surface area (Å²) in [5.41, 5.74) is 2.19. The van der Waals surface area contributed by atoms with Crippen LogP contribution >= 0.6 is 11.3 Å². The highest BCUT2D eigenvalue weighted by Crippen LogP contribution is 2.38. The summed E-state index contributed by atoms with van der Waals surface area (Å²) in [4.78, 5) is 31.5. The van der Waals surface area contributed by atoms with Crippen molar-refractivity contribution in [1.82, 2.24) is 9.80 Å². The SMILES string of the molecule is CCC(C)N(CC(=O)N1CCc2sccc2C1c1ccc(OC)cc1)C(=O)c1ccco1. The fourth-order valence-electron chi connectivity index (χ4n) is 4.16. The number of fused-ring (bicyclic) bond motifs is 1. The molecule has 3 aromatic rings. The molecule has 0 radical (unpaired) electrons. The average Bonchev–Trinajstić information content (AvgIpc) is 3.53. The van der Waals surface area contributed by atoms with Crippen LogP contribution in [0.3, 0.4) is 0 Å². The molecule has 1 aliphatic heterocycles. The topological polar surface area (TPSA) is 63.0 Å². The molecule has 2 atom stereocenters. The molecule has 2 unspecified atom stereocenters. The fraction of sp³-hybridized carbons (Fsp3) is 0.360. The molecule has 168 valence electrons. The third-order valence-corrected chi connectivity index (χ3v) is 7.14. The number of carbonyl (C=O) groups excluding carboxylic acids is 2. The monoisotopic (exact) mass is 452 g/mol. The lowest BCUT2D eigenvalue weighted by Gasteiger charge is -2.38. The molecule has 0 aliphatic carbocycles. The van der Waals surface area contributed by atoms with Crippen molar-refractivity contribution in [3.05, 3.63) is 75.9 Å². The first-order valence-electron chi connectivity index (χ1n) is 10.9. The smallest absolute Gasteiger partial charge is 0.290 e. The number of hydrogen-bond donors (Lipinski definition) is 0. The Hall–Kier alpha value is -3.06. The minimum Gasteiger partial charge on any atom is -0.497 e. The number of hydrogen-bond acceptors (Lipinski definition) is 5. The number of furan rings is 1. The minimum atomic E-state index is -0.257. The summed E-state index contributed by atoms with van der Waals surface area (Å²) in [6, 6.07) is 13.0. The van der Waals surface area contributed by atoms with Gasteiger partial charge in [-0.25, -0.2) is 0 Å². The molecule has 1 aromatic carbocycles. The van der Waals surface area contributed by atoms with Crippen molar-refractivity contribution in [3.63, 3.8) is 0 Å². The first-order chi connectivity index (χ1) is 15.5. The quantitative estimate of drug-likeness (QED) is 0.518. The highest BCUT2D eigenvalue weighted by Gasteiger charge is 2.35. The predicted molar refractivity (Wildman–Crippen MR) is 124 cm³/mol. The second kappa shape index (κ2) is 9.61. The van der Waals surface area contributed by atoms with Crippen LogP contribution in [-0.4, -0.2) is 47.9 Å². The molecule has 4 rings (SSSR count). The maximum absolute atomic E-state index is 13.6. The van der Waals surface area contributed by atoms with Crippen molar-refractivity contribution in [2.45, 2.75) is 38.8 Å². The van der Waals surface area contributed by atoms with Crippen LogP contribution in [0.1, 0.15) is 52.9 Å². The lowest BCUT2D eigenvalue weighted by molar-refractivity contribution is -0.134. The minimum absolute atomic E-state index is 0.0145. The fourth-order valence-corrected chi connectivity index (χ4v) is 5.06. The maximum Gasteiger partial charge on any atom is 0.290 e. The van der Waals surface area contributed by atoms with Crippen LogP contribution < -0.4 is 4.74 Å². The summed E-state index contributed by atoms with van der Waals surface area (Å²) in [5.74, 6) is 0.707. The Labute approximate surface area is 192 Å². The molecule has 0 fully saturated rings. The van der Waals surface area contributed by atoms with Crippen LogP contribution in [0.15, 0.2) is 58.5 Å². The van der Waals surface area contributed by atoms with Crippen molar-refractivity contribution in [2.75, 3.05) is 20.2 Å². The number of thiophene rings is 1. The van der Waals surface area contributed by atoms with Gasteiger partial charge in [0.2, 0.25) is 5.91 Å². The molecule has 32 heavy (non-hydrogen) atoms. The number of carbonyl (C=O) groups is 2. The Bertz CT molecular complexity index is 1060. The largest absolute Gasteiger partial charge is 0.497 e. The van der Waals surface area contributed by atoms with Crippen LogP contribution in [0.2, 0.25) is 0 Å². The van der Waals surface area contributed by atoms with Crippen molar-refractivity contribution >= 4 is 23.2 Å². The van der Waals surface area contributed by atoms with Gasteiger partial charge >= 0.3 is 0 Å². The van der Waals surface area contributed by atoms with Gasteiger partial charge in [-0.05, 0) is 66.6 Å². The first-order valence-corrected chi connectivity index (χ1v) is 11.8. The third-order valence-electron chi connectivity index (χ3n) is 6.14. The molecule has 7 heteroatoms. The van der Waals surface area contributed by atoms with E-state index in [1.807, 2.05) is 43.0 Å². The second-order valence-electron chi connectivity index (χ2n) is 7.98. The van der Waals surface area contributed by atoms with E-state index >= 15 is 0 Å². The van der Waals surface area contributed by atoms with E-state index in [0.717, 1.165) is 29.7 Å². The molecular weight excluding hydrogens is 424 g/mol. The van der Waals surface area contributed by atoms with Gasteiger partial charge in [0.05, 0.1) is 19.4 Å². The molecule has 6 nitrogen and oxygen atoms in total. The molecule has 0 bridgehead atoms. The van der Waals surface area contributed by atoms with Gasteiger partial charge in [0.1, 0.15) is 12.3 Å². The van der Waals surface area contributed by atoms with Crippen molar-refractivity contribution in [1.29, 1.82) is 0 Å². The van der Waals surface area contributed by atoms with E-state index in [2.05, 4.69) is 11.4 Å². The first kappa shape index (κ1) is 22.1. The molecule has 0 spiro atoms. The Morgan fingerprint density at radius 3 is 2.69 bits per heavy atom. The maximum atomic E-state index is 13.6. The van der Waals surface area contributed by atoms with Crippen LogP contribution in [-0.2, 0) is 11.2 Å². The normalized spacial score (nSPS) is 16.3. The van der Waals surface area contributed by atoms with E-state index in [-0.39, 0.29) is 36.2 Å². The number of ether oxygens (including phenoxy) is 1. The third kappa shape index (κ3) is 4.30. The Balaban J connectivity index is 1.63. The van der Waals surface area contributed by atoms with Gasteiger partial charge in [0.15, 0.2) is 5.76 Å². The summed E-state index contributed by atoms with van der Waals surface area (Å²) in [5, 5.41) is 2.08. The van der Waals surface area contributed by atoms with Gasteiger partial charge in [-0.2, -0.15) is 0 Å². The Morgan fingerprint density at radius 2 is 2.03 bits per heavy atom. The summed E-state index contributed by atoms with van der Waals surface area (Å²) in [7, 11) is 1.64. The second-order valence-corrected chi connectivity index (χ2v) is 8.98. The highest BCUT2D eigenvalue weighted by atomic mass is 32.1. The van der Waals surface area contributed by atoms with Crippen LogP contribution in [0.5, 0.6) is 5.75 Å². The van der Waals surface area contributed by atoms with E-state index in [9.17, 15) is 9.59 Å². The number of nitrogens with zero attached hydrogens (tertiary/aromatic N) is 2. The van der Waals surface area contributed by atoms with Crippen molar-refractivity contribution in [2.24, 2.45) is 0 Å². The lowest BCUT2D eigenvalue weighted by atomic mass is 9.93.